The number of nitrogens with one attached hydrogen (secondary N) is 1. The molecule has 98 valence electrons. The van der Waals surface area contributed by atoms with E-state index in [-0.39, 0.29) is 0 Å². The van der Waals surface area contributed by atoms with Crippen LogP contribution in [0.5, 0.6) is 0 Å². The average Bonchev–Trinajstić information content (AvgIpc) is 2.99. The Balaban J connectivity index is 1.84. The monoisotopic (exact) mass is 281 g/mol. The minimum atomic E-state index is -0.781. The molecular formula is C14H19NOS2. The largest absolute Gasteiger partial charge is 0.383 e. The van der Waals surface area contributed by atoms with Crippen molar-refractivity contribution in [3.63, 3.8) is 0 Å². The summed E-state index contributed by atoms with van der Waals surface area (Å²) in [6.45, 7) is 4.60. The maximum Gasteiger partial charge on any atom is 0.108 e. The maximum atomic E-state index is 10.4. The van der Waals surface area contributed by atoms with Gasteiger partial charge in [0.25, 0.3) is 0 Å². The summed E-state index contributed by atoms with van der Waals surface area (Å²) in [7, 11) is 0. The molecule has 0 aromatic carbocycles. The Morgan fingerprint density at radius 2 is 2.22 bits per heavy atom. The van der Waals surface area contributed by atoms with E-state index in [0.717, 1.165) is 11.3 Å². The van der Waals surface area contributed by atoms with Gasteiger partial charge >= 0.3 is 0 Å². The van der Waals surface area contributed by atoms with Crippen molar-refractivity contribution < 1.29 is 5.11 Å². The van der Waals surface area contributed by atoms with Crippen molar-refractivity contribution in [2.24, 2.45) is 0 Å². The first-order chi connectivity index (χ1) is 8.58. The second-order valence-corrected chi connectivity index (χ2v) is 6.60. The predicted octanol–water partition coefficient (Wildman–Crippen LogP) is 3.24. The molecule has 4 heteroatoms. The van der Waals surface area contributed by atoms with Crippen LogP contribution in [0, 0.1) is 0 Å². The number of thiophene rings is 2. The lowest BCUT2D eigenvalue weighted by Gasteiger charge is -2.25. The standard InChI is InChI=1S/C14H19NOS2/c1-11(8-12-5-7-17-9-12)15-10-14(2,16)13-4-3-6-18-13/h3-7,9,11,15-16H,8,10H2,1-2H3/t11-,14-/m0/s1. The third-order valence-corrected chi connectivity index (χ3v) is 4.82. The summed E-state index contributed by atoms with van der Waals surface area (Å²) < 4.78 is 0. The van der Waals surface area contributed by atoms with E-state index in [1.807, 2.05) is 24.4 Å². The van der Waals surface area contributed by atoms with Gasteiger partial charge in [-0.05, 0) is 54.1 Å². The molecular weight excluding hydrogens is 262 g/mol. The lowest BCUT2D eigenvalue weighted by Crippen LogP contribution is -2.40. The predicted molar refractivity (Wildman–Crippen MR) is 79.4 cm³/mol. The Kier molecular flexibility index (Phi) is 4.56. The SMILES string of the molecule is C[C@@H](Cc1ccsc1)NC[C@](C)(O)c1cccs1. The van der Waals surface area contributed by atoms with Gasteiger partial charge in [-0.25, -0.2) is 0 Å². The molecule has 0 aliphatic rings. The second kappa shape index (κ2) is 5.97. The van der Waals surface area contributed by atoms with Gasteiger partial charge in [0, 0.05) is 17.5 Å². The van der Waals surface area contributed by atoms with Crippen LogP contribution in [0.2, 0.25) is 0 Å². The van der Waals surface area contributed by atoms with Crippen LogP contribution in [-0.2, 0) is 12.0 Å². The molecule has 0 bridgehead atoms. The van der Waals surface area contributed by atoms with Crippen molar-refractivity contribution in [1.29, 1.82) is 0 Å². The van der Waals surface area contributed by atoms with Crippen LogP contribution in [0.3, 0.4) is 0 Å². The number of rotatable bonds is 6. The third-order valence-electron chi connectivity index (χ3n) is 2.97. The molecule has 0 spiro atoms. The fourth-order valence-electron chi connectivity index (χ4n) is 1.88. The molecule has 0 radical (unpaired) electrons. The van der Waals surface area contributed by atoms with Gasteiger partial charge in [0.15, 0.2) is 0 Å². The van der Waals surface area contributed by atoms with Crippen molar-refractivity contribution in [2.45, 2.75) is 31.9 Å². The minimum absolute atomic E-state index is 0.367. The molecule has 2 nitrogen and oxygen atoms in total. The van der Waals surface area contributed by atoms with Crippen molar-refractivity contribution in [2.75, 3.05) is 6.54 Å². The summed E-state index contributed by atoms with van der Waals surface area (Å²) in [6, 6.07) is 6.48. The minimum Gasteiger partial charge on any atom is -0.383 e. The van der Waals surface area contributed by atoms with Gasteiger partial charge in [-0.15, -0.1) is 11.3 Å². The van der Waals surface area contributed by atoms with Crippen LogP contribution < -0.4 is 5.32 Å². The molecule has 2 aromatic heterocycles. The fraction of sp³-hybridized carbons (Fsp3) is 0.429. The lowest BCUT2D eigenvalue weighted by molar-refractivity contribution is 0.0581. The number of hydrogen-bond donors (Lipinski definition) is 2. The molecule has 18 heavy (non-hydrogen) atoms. The van der Waals surface area contributed by atoms with Crippen LogP contribution in [0.4, 0.5) is 0 Å². The fourth-order valence-corrected chi connectivity index (χ4v) is 3.35. The van der Waals surface area contributed by atoms with E-state index < -0.39 is 5.60 Å². The Morgan fingerprint density at radius 1 is 1.39 bits per heavy atom. The van der Waals surface area contributed by atoms with Gasteiger partial charge in [-0.3, -0.25) is 0 Å². The van der Waals surface area contributed by atoms with Crippen molar-refractivity contribution in [1.82, 2.24) is 5.32 Å². The summed E-state index contributed by atoms with van der Waals surface area (Å²) >= 11 is 3.33. The summed E-state index contributed by atoms with van der Waals surface area (Å²) in [5.74, 6) is 0. The number of aliphatic hydroxyl groups is 1. The highest BCUT2D eigenvalue weighted by Gasteiger charge is 2.24. The average molecular weight is 281 g/mol. The van der Waals surface area contributed by atoms with Crippen LogP contribution in [0.1, 0.15) is 24.3 Å². The Hall–Kier alpha value is -0.680. The Bertz CT molecular complexity index is 448. The second-order valence-electron chi connectivity index (χ2n) is 4.87. The zero-order valence-corrected chi connectivity index (χ0v) is 12.4. The molecule has 2 aromatic rings. The van der Waals surface area contributed by atoms with Crippen molar-refractivity contribution >= 4 is 22.7 Å². The zero-order chi connectivity index (χ0) is 13.0. The Labute approximate surface area is 116 Å². The van der Waals surface area contributed by atoms with Crippen LogP contribution in [0.25, 0.3) is 0 Å². The van der Waals surface area contributed by atoms with E-state index in [1.54, 1.807) is 22.7 Å². The van der Waals surface area contributed by atoms with E-state index in [4.69, 9.17) is 0 Å². The molecule has 2 N–H and O–H groups in total. The molecule has 0 amide bonds. The summed E-state index contributed by atoms with van der Waals surface area (Å²) in [5.41, 5.74) is 0.577. The van der Waals surface area contributed by atoms with Gasteiger partial charge in [0.2, 0.25) is 0 Å². The molecule has 0 aliphatic heterocycles. The van der Waals surface area contributed by atoms with E-state index in [9.17, 15) is 5.11 Å². The maximum absolute atomic E-state index is 10.4. The third kappa shape index (κ3) is 3.65. The molecule has 2 heterocycles. The number of hydrogen-bond acceptors (Lipinski definition) is 4. The van der Waals surface area contributed by atoms with E-state index >= 15 is 0 Å². The van der Waals surface area contributed by atoms with Crippen LogP contribution >= 0.6 is 22.7 Å². The van der Waals surface area contributed by atoms with Gasteiger partial charge < -0.3 is 10.4 Å². The van der Waals surface area contributed by atoms with Crippen LogP contribution in [-0.4, -0.2) is 17.7 Å². The van der Waals surface area contributed by atoms with Crippen LogP contribution in [0.15, 0.2) is 34.3 Å². The summed E-state index contributed by atoms with van der Waals surface area (Å²) in [6.07, 6.45) is 1.00. The quantitative estimate of drug-likeness (QED) is 0.852. The highest BCUT2D eigenvalue weighted by molar-refractivity contribution is 7.10. The Morgan fingerprint density at radius 3 is 2.83 bits per heavy atom. The lowest BCUT2D eigenvalue weighted by atomic mass is 10.0. The molecule has 0 unspecified atom stereocenters. The molecule has 0 fully saturated rings. The van der Waals surface area contributed by atoms with Gasteiger partial charge in [0.05, 0.1) is 0 Å². The van der Waals surface area contributed by atoms with Gasteiger partial charge in [0.1, 0.15) is 5.60 Å². The highest BCUT2D eigenvalue weighted by atomic mass is 32.1. The summed E-state index contributed by atoms with van der Waals surface area (Å²) in [5, 5.41) is 20.1. The molecule has 0 saturated heterocycles. The van der Waals surface area contributed by atoms with Gasteiger partial charge in [-0.1, -0.05) is 6.07 Å². The first kappa shape index (κ1) is 13.7. The zero-order valence-electron chi connectivity index (χ0n) is 10.7. The van der Waals surface area contributed by atoms with E-state index in [2.05, 4.69) is 29.1 Å². The van der Waals surface area contributed by atoms with Gasteiger partial charge in [-0.2, -0.15) is 11.3 Å². The van der Waals surface area contributed by atoms with E-state index in [1.165, 1.54) is 5.56 Å². The smallest absolute Gasteiger partial charge is 0.108 e. The molecule has 0 saturated carbocycles. The molecule has 2 atom stereocenters. The first-order valence-electron chi connectivity index (χ1n) is 6.09. The van der Waals surface area contributed by atoms with E-state index in [0.29, 0.717) is 12.6 Å². The topological polar surface area (TPSA) is 32.3 Å². The van der Waals surface area contributed by atoms with Crippen molar-refractivity contribution in [3.05, 3.63) is 44.8 Å². The molecule has 2 rings (SSSR count). The van der Waals surface area contributed by atoms with Crippen molar-refractivity contribution in [3.8, 4) is 0 Å². The first-order valence-corrected chi connectivity index (χ1v) is 7.91. The normalized spacial score (nSPS) is 16.4. The molecule has 0 aliphatic carbocycles. The highest BCUT2D eigenvalue weighted by Crippen LogP contribution is 2.24. The summed E-state index contributed by atoms with van der Waals surface area (Å²) in [4.78, 5) is 1.01.